The number of nitrogens with two attached hydrogens (primary N) is 1. The molecule has 2 atom stereocenters. The molecular weight excluding hydrogens is 258 g/mol. The van der Waals surface area contributed by atoms with E-state index in [9.17, 15) is 0 Å². The molecule has 1 heterocycles. The number of likely N-dealkylation sites (N-methyl/N-ethyl adjacent to an activating group) is 1. The second-order valence-electron chi connectivity index (χ2n) is 6.46. The number of nitrogen functional groups attached to an aromatic ring is 1. The van der Waals surface area contributed by atoms with Gasteiger partial charge in [-0.25, -0.2) is 0 Å². The predicted octanol–water partition coefficient (Wildman–Crippen LogP) is 2.95. The molecule has 0 aliphatic carbocycles. The molecule has 2 aromatic carbocycles. The Balaban J connectivity index is 1.83. The molecular formula is C18H25N3. The highest BCUT2D eigenvalue weighted by Crippen LogP contribution is 2.24. The van der Waals surface area contributed by atoms with Crippen LogP contribution in [0, 0.1) is 0 Å². The fourth-order valence-electron chi connectivity index (χ4n) is 3.33. The van der Waals surface area contributed by atoms with E-state index in [2.05, 4.69) is 67.1 Å². The van der Waals surface area contributed by atoms with Crippen LogP contribution in [0.3, 0.4) is 0 Å². The fourth-order valence-corrected chi connectivity index (χ4v) is 3.33. The first-order valence-electron chi connectivity index (χ1n) is 7.76. The molecule has 0 radical (unpaired) electrons. The van der Waals surface area contributed by atoms with Crippen molar-refractivity contribution in [1.29, 1.82) is 0 Å². The highest BCUT2D eigenvalue weighted by atomic mass is 15.3. The molecule has 3 rings (SSSR count). The van der Waals surface area contributed by atoms with Gasteiger partial charge in [0.1, 0.15) is 0 Å². The highest BCUT2D eigenvalue weighted by Gasteiger charge is 2.26. The Morgan fingerprint density at radius 1 is 1.05 bits per heavy atom. The number of nitrogens with zero attached hydrogens (tertiary/aromatic N) is 2. The van der Waals surface area contributed by atoms with Crippen LogP contribution in [0.15, 0.2) is 36.4 Å². The molecule has 2 unspecified atom stereocenters. The third-order valence-corrected chi connectivity index (χ3v) is 4.84. The van der Waals surface area contributed by atoms with Gasteiger partial charge in [-0.3, -0.25) is 9.80 Å². The number of piperazine rings is 1. The zero-order chi connectivity index (χ0) is 15.0. The summed E-state index contributed by atoms with van der Waals surface area (Å²) < 4.78 is 0. The molecule has 1 aliphatic rings. The maximum absolute atomic E-state index is 6.26. The number of anilines is 1. The lowest BCUT2D eigenvalue weighted by atomic mass is 10.0. The van der Waals surface area contributed by atoms with Crippen LogP contribution in [0.5, 0.6) is 0 Å². The van der Waals surface area contributed by atoms with Gasteiger partial charge in [0.25, 0.3) is 0 Å². The second-order valence-corrected chi connectivity index (χ2v) is 6.46. The minimum Gasteiger partial charge on any atom is -0.398 e. The highest BCUT2D eigenvalue weighted by molar-refractivity contribution is 5.86. The van der Waals surface area contributed by atoms with E-state index >= 15 is 0 Å². The van der Waals surface area contributed by atoms with Gasteiger partial charge in [0.15, 0.2) is 0 Å². The van der Waals surface area contributed by atoms with Gasteiger partial charge in [0.2, 0.25) is 0 Å². The van der Waals surface area contributed by atoms with Crippen LogP contribution in [-0.4, -0.2) is 42.0 Å². The molecule has 0 spiro atoms. The van der Waals surface area contributed by atoms with Crippen molar-refractivity contribution in [3.63, 3.8) is 0 Å². The summed E-state index contributed by atoms with van der Waals surface area (Å²) in [4.78, 5) is 4.98. The lowest BCUT2D eigenvalue weighted by molar-refractivity contribution is 0.0557. The van der Waals surface area contributed by atoms with Crippen LogP contribution in [0.1, 0.15) is 19.4 Å². The van der Waals surface area contributed by atoms with Crippen LogP contribution in [0.2, 0.25) is 0 Å². The van der Waals surface area contributed by atoms with Gasteiger partial charge in [0.05, 0.1) is 0 Å². The Labute approximate surface area is 127 Å². The molecule has 3 nitrogen and oxygen atoms in total. The van der Waals surface area contributed by atoms with E-state index in [0.717, 1.165) is 25.3 Å². The quantitative estimate of drug-likeness (QED) is 0.860. The van der Waals surface area contributed by atoms with Crippen molar-refractivity contribution >= 4 is 16.5 Å². The molecule has 2 aromatic rings. The van der Waals surface area contributed by atoms with Gasteiger partial charge in [-0.05, 0) is 49.4 Å². The number of benzene rings is 2. The topological polar surface area (TPSA) is 32.5 Å². The minimum absolute atomic E-state index is 0.593. The molecule has 0 amide bonds. The maximum atomic E-state index is 6.26. The van der Waals surface area contributed by atoms with E-state index in [1.165, 1.54) is 16.3 Å². The monoisotopic (exact) mass is 283 g/mol. The van der Waals surface area contributed by atoms with E-state index in [1.54, 1.807) is 0 Å². The number of rotatable bonds is 2. The van der Waals surface area contributed by atoms with Gasteiger partial charge in [-0.15, -0.1) is 0 Å². The zero-order valence-electron chi connectivity index (χ0n) is 13.2. The van der Waals surface area contributed by atoms with Crippen LogP contribution in [-0.2, 0) is 6.54 Å². The van der Waals surface area contributed by atoms with Gasteiger partial charge < -0.3 is 5.73 Å². The molecule has 0 bridgehead atoms. The number of hydrogen-bond donors (Lipinski definition) is 1. The van der Waals surface area contributed by atoms with Gasteiger partial charge in [-0.1, -0.05) is 24.3 Å². The molecule has 112 valence electrons. The summed E-state index contributed by atoms with van der Waals surface area (Å²) in [5, 5.41) is 2.50. The van der Waals surface area contributed by atoms with E-state index < -0.39 is 0 Å². The normalized spacial score (nSPS) is 24.5. The van der Waals surface area contributed by atoms with E-state index in [4.69, 9.17) is 5.73 Å². The summed E-state index contributed by atoms with van der Waals surface area (Å²) >= 11 is 0. The van der Waals surface area contributed by atoms with Gasteiger partial charge in [0, 0.05) is 37.4 Å². The Bertz CT molecular complexity index is 625. The average molecular weight is 283 g/mol. The molecule has 2 N–H and O–H groups in total. The summed E-state index contributed by atoms with van der Waals surface area (Å²) in [5.74, 6) is 0. The van der Waals surface area contributed by atoms with Crippen molar-refractivity contribution in [2.24, 2.45) is 0 Å². The largest absolute Gasteiger partial charge is 0.398 e. The smallest absolute Gasteiger partial charge is 0.0366 e. The fraction of sp³-hybridized carbons (Fsp3) is 0.444. The van der Waals surface area contributed by atoms with Crippen LogP contribution >= 0.6 is 0 Å². The first-order valence-corrected chi connectivity index (χ1v) is 7.76. The summed E-state index contributed by atoms with van der Waals surface area (Å²) in [5.41, 5.74) is 8.42. The molecule has 1 aliphatic heterocycles. The molecule has 0 saturated carbocycles. The molecule has 21 heavy (non-hydrogen) atoms. The number of hydrogen-bond acceptors (Lipinski definition) is 3. The Hall–Kier alpha value is -1.58. The van der Waals surface area contributed by atoms with Gasteiger partial charge in [-0.2, -0.15) is 0 Å². The van der Waals surface area contributed by atoms with Crippen molar-refractivity contribution in [1.82, 2.24) is 9.80 Å². The lowest BCUT2D eigenvalue weighted by Crippen LogP contribution is -2.54. The Kier molecular flexibility index (Phi) is 3.87. The first-order chi connectivity index (χ1) is 10.0. The summed E-state index contributed by atoms with van der Waals surface area (Å²) in [6.45, 7) is 7.75. The van der Waals surface area contributed by atoms with Crippen molar-refractivity contribution in [3.8, 4) is 0 Å². The summed E-state index contributed by atoms with van der Waals surface area (Å²) in [6, 6.07) is 14.0. The standard InChI is InChI=1S/C18H25N3/c1-13-10-21(11-14(2)20(13)3)12-17-8-15-6-4-5-7-16(15)9-18(17)19/h4-9,13-14H,10-12,19H2,1-3H3. The van der Waals surface area contributed by atoms with Crippen molar-refractivity contribution in [2.75, 3.05) is 25.9 Å². The first kappa shape index (κ1) is 14.4. The summed E-state index contributed by atoms with van der Waals surface area (Å²) in [7, 11) is 2.22. The maximum Gasteiger partial charge on any atom is 0.0366 e. The van der Waals surface area contributed by atoms with Crippen LogP contribution in [0.25, 0.3) is 10.8 Å². The van der Waals surface area contributed by atoms with E-state index in [0.29, 0.717) is 12.1 Å². The molecule has 1 fully saturated rings. The summed E-state index contributed by atoms with van der Waals surface area (Å²) in [6.07, 6.45) is 0. The third kappa shape index (κ3) is 2.89. The van der Waals surface area contributed by atoms with Crippen LogP contribution < -0.4 is 5.73 Å². The van der Waals surface area contributed by atoms with Crippen molar-refractivity contribution in [2.45, 2.75) is 32.5 Å². The average Bonchev–Trinajstić information content (AvgIpc) is 2.45. The third-order valence-electron chi connectivity index (χ3n) is 4.84. The lowest BCUT2D eigenvalue weighted by Gasteiger charge is -2.42. The SMILES string of the molecule is CC1CN(Cc2cc3ccccc3cc2N)CC(C)N1C. The van der Waals surface area contributed by atoms with Crippen molar-refractivity contribution < 1.29 is 0 Å². The number of fused-ring (bicyclic) bond motifs is 1. The van der Waals surface area contributed by atoms with E-state index in [-0.39, 0.29) is 0 Å². The minimum atomic E-state index is 0.593. The Morgan fingerprint density at radius 2 is 1.62 bits per heavy atom. The zero-order valence-corrected chi connectivity index (χ0v) is 13.2. The van der Waals surface area contributed by atoms with Gasteiger partial charge >= 0.3 is 0 Å². The van der Waals surface area contributed by atoms with Crippen LogP contribution in [0.4, 0.5) is 5.69 Å². The van der Waals surface area contributed by atoms with Crippen molar-refractivity contribution in [3.05, 3.63) is 42.0 Å². The molecule has 0 aromatic heterocycles. The predicted molar refractivity (Wildman–Crippen MR) is 90.3 cm³/mol. The molecule has 1 saturated heterocycles. The van der Waals surface area contributed by atoms with E-state index in [1.807, 2.05) is 0 Å². The Morgan fingerprint density at radius 3 is 2.24 bits per heavy atom. The second kappa shape index (κ2) is 5.66. The molecule has 3 heteroatoms.